The quantitative estimate of drug-likeness (QED) is 0.761. The van der Waals surface area contributed by atoms with Crippen molar-refractivity contribution >= 4 is 0 Å². The SMILES string of the molecule is NCc1ccc(-c2nc(-c3cccc(O)c3)no2)cc1. The number of rotatable bonds is 3. The lowest BCUT2D eigenvalue weighted by atomic mass is 10.1. The molecule has 0 aliphatic carbocycles. The lowest BCUT2D eigenvalue weighted by molar-refractivity contribution is 0.432. The topological polar surface area (TPSA) is 85.2 Å². The first-order valence-electron chi connectivity index (χ1n) is 6.19. The molecule has 0 radical (unpaired) electrons. The maximum atomic E-state index is 9.46. The van der Waals surface area contributed by atoms with E-state index < -0.39 is 0 Å². The average molecular weight is 267 g/mol. The molecule has 0 amide bonds. The van der Waals surface area contributed by atoms with E-state index in [2.05, 4.69) is 10.1 Å². The van der Waals surface area contributed by atoms with Gasteiger partial charge >= 0.3 is 0 Å². The summed E-state index contributed by atoms with van der Waals surface area (Å²) < 4.78 is 5.24. The molecule has 0 fully saturated rings. The fourth-order valence-electron chi connectivity index (χ4n) is 1.89. The third-order valence-electron chi connectivity index (χ3n) is 2.97. The highest BCUT2D eigenvalue weighted by atomic mass is 16.5. The summed E-state index contributed by atoms with van der Waals surface area (Å²) in [5, 5.41) is 13.4. The summed E-state index contributed by atoms with van der Waals surface area (Å²) in [7, 11) is 0. The van der Waals surface area contributed by atoms with Crippen LogP contribution in [0.3, 0.4) is 0 Å². The Morgan fingerprint density at radius 2 is 1.85 bits per heavy atom. The van der Waals surface area contributed by atoms with Gasteiger partial charge < -0.3 is 15.4 Å². The van der Waals surface area contributed by atoms with Gasteiger partial charge in [0.2, 0.25) is 5.82 Å². The highest BCUT2D eigenvalue weighted by Gasteiger charge is 2.10. The van der Waals surface area contributed by atoms with Crippen molar-refractivity contribution in [3.63, 3.8) is 0 Å². The van der Waals surface area contributed by atoms with Gasteiger partial charge in [-0.2, -0.15) is 4.98 Å². The Morgan fingerprint density at radius 3 is 2.55 bits per heavy atom. The maximum absolute atomic E-state index is 9.46. The summed E-state index contributed by atoms with van der Waals surface area (Å²) in [6.07, 6.45) is 0. The summed E-state index contributed by atoms with van der Waals surface area (Å²) in [5.41, 5.74) is 8.14. The average Bonchev–Trinajstić information content (AvgIpc) is 2.97. The van der Waals surface area contributed by atoms with E-state index in [-0.39, 0.29) is 5.75 Å². The molecule has 0 aliphatic rings. The molecule has 0 bridgehead atoms. The molecule has 2 aromatic carbocycles. The number of hydrogen-bond donors (Lipinski definition) is 2. The van der Waals surface area contributed by atoms with Gasteiger partial charge in [-0.25, -0.2) is 0 Å². The Morgan fingerprint density at radius 1 is 1.05 bits per heavy atom. The van der Waals surface area contributed by atoms with Crippen molar-refractivity contribution in [3.8, 4) is 28.6 Å². The first-order valence-corrected chi connectivity index (χ1v) is 6.19. The summed E-state index contributed by atoms with van der Waals surface area (Å²) in [6, 6.07) is 14.4. The minimum atomic E-state index is 0.168. The van der Waals surface area contributed by atoms with Gasteiger partial charge in [-0.15, -0.1) is 0 Å². The normalized spacial score (nSPS) is 10.7. The first-order chi connectivity index (χ1) is 9.76. The predicted octanol–water partition coefficient (Wildman–Crippen LogP) is 2.57. The third-order valence-corrected chi connectivity index (χ3v) is 2.97. The molecule has 0 unspecified atom stereocenters. The van der Waals surface area contributed by atoms with Gasteiger partial charge in [-0.3, -0.25) is 0 Å². The van der Waals surface area contributed by atoms with E-state index in [4.69, 9.17) is 10.3 Å². The number of hydrogen-bond acceptors (Lipinski definition) is 5. The molecule has 5 heteroatoms. The number of aromatic nitrogens is 2. The molecule has 0 atom stereocenters. The van der Waals surface area contributed by atoms with Gasteiger partial charge in [0, 0.05) is 17.7 Å². The summed E-state index contributed by atoms with van der Waals surface area (Å²) >= 11 is 0. The Balaban J connectivity index is 1.93. The first kappa shape index (κ1) is 12.4. The van der Waals surface area contributed by atoms with Crippen molar-refractivity contribution in [3.05, 3.63) is 54.1 Å². The number of aromatic hydroxyl groups is 1. The van der Waals surface area contributed by atoms with Gasteiger partial charge in [0.25, 0.3) is 5.89 Å². The van der Waals surface area contributed by atoms with E-state index in [1.165, 1.54) is 0 Å². The molecule has 3 rings (SSSR count). The molecular formula is C15H13N3O2. The molecule has 100 valence electrons. The van der Waals surface area contributed by atoms with E-state index in [9.17, 15) is 5.11 Å². The van der Waals surface area contributed by atoms with Crippen molar-refractivity contribution in [2.45, 2.75) is 6.54 Å². The predicted molar refractivity (Wildman–Crippen MR) is 74.7 cm³/mol. The summed E-state index contributed by atoms with van der Waals surface area (Å²) in [4.78, 5) is 4.33. The molecule has 0 spiro atoms. The van der Waals surface area contributed by atoms with Gasteiger partial charge in [-0.05, 0) is 29.8 Å². The minimum absolute atomic E-state index is 0.168. The zero-order valence-corrected chi connectivity index (χ0v) is 10.7. The molecule has 3 N–H and O–H groups in total. The van der Waals surface area contributed by atoms with Crippen LogP contribution in [0.15, 0.2) is 53.1 Å². The standard InChI is InChI=1S/C15H13N3O2/c16-9-10-4-6-11(7-5-10)15-17-14(18-20-15)12-2-1-3-13(19)8-12/h1-8,19H,9,16H2. The number of nitrogens with two attached hydrogens (primary N) is 1. The Bertz CT molecular complexity index is 720. The molecule has 0 saturated heterocycles. The van der Waals surface area contributed by atoms with Crippen molar-refractivity contribution in [1.29, 1.82) is 0 Å². The van der Waals surface area contributed by atoms with Crippen molar-refractivity contribution < 1.29 is 9.63 Å². The lowest BCUT2D eigenvalue weighted by Gasteiger charge is -1.97. The van der Waals surface area contributed by atoms with Crippen LogP contribution in [0.25, 0.3) is 22.8 Å². The molecule has 0 aliphatic heterocycles. The second-order valence-electron chi connectivity index (χ2n) is 4.37. The molecular weight excluding hydrogens is 254 g/mol. The Hall–Kier alpha value is -2.66. The van der Waals surface area contributed by atoms with Gasteiger partial charge in [0.1, 0.15) is 5.75 Å². The van der Waals surface area contributed by atoms with Crippen LogP contribution in [0.1, 0.15) is 5.56 Å². The summed E-state index contributed by atoms with van der Waals surface area (Å²) in [5.74, 6) is 1.05. The maximum Gasteiger partial charge on any atom is 0.258 e. The van der Waals surface area contributed by atoms with Crippen LogP contribution in [0, 0.1) is 0 Å². The zero-order valence-electron chi connectivity index (χ0n) is 10.7. The minimum Gasteiger partial charge on any atom is -0.508 e. The second-order valence-corrected chi connectivity index (χ2v) is 4.37. The van der Waals surface area contributed by atoms with Crippen LogP contribution in [-0.4, -0.2) is 15.2 Å². The molecule has 20 heavy (non-hydrogen) atoms. The highest BCUT2D eigenvalue weighted by molar-refractivity contribution is 5.61. The van der Waals surface area contributed by atoms with E-state index >= 15 is 0 Å². The number of benzene rings is 2. The van der Waals surface area contributed by atoms with Crippen LogP contribution in [0.2, 0.25) is 0 Å². The molecule has 0 saturated carbocycles. The molecule has 1 aromatic heterocycles. The fourth-order valence-corrected chi connectivity index (χ4v) is 1.89. The number of phenolic OH excluding ortho intramolecular Hbond substituents is 1. The third kappa shape index (κ3) is 2.39. The van der Waals surface area contributed by atoms with Crippen LogP contribution in [-0.2, 0) is 6.54 Å². The highest BCUT2D eigenvalue weighted by Crippen LogP contribution is 2.24. The second kappa shape index (κ2) is 5.14. The molecule has 1 heterocycles. The van der Waals surface area contributed by atoms with E-state index in [0.717, 1.165) is 11.1 Å². The van der Waals surface area contributed by atoms with Gasteiger partial charge in [0.05, 0.1) is 0 Å². The summed E-state index contributed by atoms with van der Waals surface area (Å²) in [6.45, 7) is 0.499. The van der Waals surface area contributed by atoms with Crippen molar-refractivity contribution in [2.75, 3.05) is 0 Å². The molecule has 5 nitrogen and oxygen atoms in total. The van der Waals surface area contributed by atoms with Crippen LogP contribution >= 0.6 is 0 Å². The van der Waals surface area contributed by atoms with Crippen LogP contribution in [0.5, 0.6) is 5.75 Å². The Kier molecular flexibility index (Phi) is 3.18. The van der Waals surface area contributed by atoms with Crippen molar-refractivity contribution in [1.82, 2.24) is 10.1 Å². The fraction of sp³-hybridized carbons (Fsp3) is 0.0667. The zero-order chi connectivity index (χ0) is 13.9. The van der Waals surface area contributed by atoms with E-state index in [1.54, 1.807) is 18.2 Å². The molecule has 3 aromatic rings. The van der Waals surface area contributed by atoms with E-state index in [1.807, 2.05) is 30.3 Å². The van der Waals surface area contributed by atoms with Crippen LogP contribution < -0.4 is 5.73 Å². The van der Waals surface area contributed by atoms with Gasteiger partial charge in [0.15, 0.2) is 0 Å². The van der Waals surface area contributed by atoms with Crippen LogP contribution in [0.4, 0.5) is 0 Å². The monoisotopic (exact) mass is 267 g/mol. The lowest BCUT2D eigenvalue weighted by Crippen LogP contribution is -1.95. The smallest absolute Gasteiger partial charge is 0.258 e. The van der Waals surface area contributed by atoms with Crippen molar-refractivity contribution in [2.24, 2.45) is 5.73 Å². The number of nitrogens with zero attached hydrogens (tertiary/aromatic N) is 2. The van der Waals surface area contributed by atoms with E-state index in [0.29, 0.717) is 23.8 Å². The Labute approximate surface area is 115 Å². The largest absolute Gasteiger partial charge is 0.508 e. The van der Waals surface area contributed by atoms with Gasteiger partial charge in [-0.1, -0.05) is 29.4 Å². The number of phenols is 1.